The third kappa shape index (κ3) is 3.74. The van der Waals surface area contributed by atoms with Crippen LogP contribution in [0.3, 0.4) is 0 Å². The van der Waals surface area contributed by atoms with Gasteiger partial charge in [-0.3, -0.25) is 9.89 Å². The van der Waals surface area contributed by atoms with Gasteiger partial charge in [0.15, 0.2) is 11.9 Å². The molecule has 0 fully saturated rings. The molecule has 0 saturated heterocycles. The molecule has 0 aliphatic carbocycles. The zero-order valence-corrected chi connectivity index (χ0v) is 17.2. The first-order valence-electron chi connectivity index (χ1n) is 9.85. The summed E-state index contributed by atoms with van der Waals surface area (Å²) in [5.74, 6) is 1.64. The van der Waals surface area contributed by atoms with Gasteiger partial charge in [-0.1, -0.05) is 24.3 Å². The molecule has 1 amide bonds. The van der Waals surface area contributed by atoms with E-state index in [-0.39, 0.29) is 5.91 Å². The summed E-state index contributed by atoms with van der Waals surface area (Å²) in [4.78, 5) is 12.5. The number of H-pyrrole nitrogens is 1. The third-order valence-electron chi connectivity index (χ3n) is 4.97. The van der Waals surface area contributed by atoms with Crippen LogP contribution in [0.25, 0.3) is 22.3 Å². The van der Waals surface area contributed by atoms with Crippen molar-refractivity contribution in [2.24, 2.45) is 0 Å². The van der Waals surface area contributed by atoms with Gasteiger partial charge in [0.1, 0.15) is 11.5 Å². The molecule has 0 radical (unpaired) electrons. The van der Waals surface area contributed by atoms with Crippen molar-refractivity contribution in [3.8, 4) is 22.9 Å². The van der Waals surface area contributed by atoms with Gasteiger partial charge < -0.3 is 19.4 Å². The number of carbonyl (C=O) groups is 1. The number of hydrogen-bond acceptors (Lipinski definition) is 4. The molecule has 2 aromatic carbocycles. The highest BCUT2D eigenvalue weighted by molar-refractivity contribution is 5.94. The van der Waals surface area contributed by atoms with Gasteiger partial charge in [0.2, 0.25) is 0 Å². The zero-order valence-electron chi connectivity index (χ0n) is 17.2. The predicted octanol–water partition coefficient (Wildman–Crippen LogP) is 4.47. The first kappa shape index (κ1) is 19.6. The van der Waals surface area contributed by atoms with Crippen molar-refractivity contribution in [1.82, 2.24) is 14.8 Å². The van der Waals surface area contributed by atoms with Crippen LogP contribution in [0, 0.1) is 0 Å². The number of nitrogens with zero attached hydrogens (tertiary/aromatic N) is 2. The Labute approximate surface area is 174 Å². The molecule has 7 nitrogen and oxygen atoms in total. The van der Waals surface area contributed by atoms with Gasteiger partial charge in [-0.05, 0) is 44.2 Å². The molecule has 4 rings (SSSR count). The number of aromatic nitrogens is 3. The average Bonchev–Trinajstić information content (AvgIpc) is 3.38. The standard InChI is InChI=1S/C23H24N4O3/c1-4-27-19-11-8-12-21(29-3)17(19)13-20(27)18-14-22(26-25-18)24-23(28)15(2)30-16-9-6-5-7-10-16/h5-15H,4H2,1-3H3,(H2,24,25,26,28). The second kappa shape index (κ2) is 8.32. The van der Waals surface area contributed by atoms with Gasteiger partial charge in [0, 0.05) is 18.0 Å². The monoisotopic (exact) mass is 404 g/mol. The minimum Gasteiger partial charge on any atom is -0.496 e. The van der Waals surface area contributed by atoms with Crippen LogP contribution < -0.4 is 14.8 Å². The van der Waals surface area contributed by atoms with E-state index in [0.29, 0.717) is 11.6 Å². The van der Waals surface area contributed by atoms with Crippen molar-refractivity contribution in [3.05, 3.63) is 60.7 Å². The second-order valence-electron chi connectivity index (χ2n) is 6.90. The molecule has 0 aliphatic rings. The van der Waals surface area contributed by atoms with Gasteiger partial charge in [0.25, 0.3) is 5.91 Å². The van der Waals surface area contributed by atoms with Gasteiger partial charge in [-0.25, -0.2) is 0 Å². The maximum atomic E-state index is 12.5. The first-order chi connectivity index (χ1) is 14.6. The number of anilines is 1. The van der Waals surface area contributed by atoms with Gasteiger partial charge >= 0.3 is 0 Å². The number of para-hydroxylation sites is 1. The van der Waals surface area contributed by atoms with Crippen LogP contribution in [-0.4, -0.2) is 33.9 Å². The summed E-state index contributed by atoms with van der Waals surface area (Å²) in [5, 5.41) is 11.1. The highest BCUT2D eigenvalue weighted by atomic mass is 16.5. The Morgan fingerprint density at radius 1 is 1.17 bits per heavy atom. The molecule has 2 aromatic heterocycles. The van der Waals surface area contributed by atoms with E-state index in [0.717, 1.165) is 34.6 Å². The summed E-state index contributed by atoms with van der Waals surface area (Å²) in [7, 11) is 1.67. The van der Waals surface area contributed by atoms with Crippen molar-refractivity contribution >= 4 is 22.6 Å². The minimum absolute atomic E-state index is 0.269. The molecule has 7 heteroatoms. The van der Waals surface area contributed by atoms with Crippen LogP contribution in [-0.2, 0) is 11.3 Å². The Bertz CT molecular complexity index is 1160. The highest BCUT2D eigenvalue weighted by Crippen LogP contribution is 2.33. The summed E-state index contributed by atoms with van der Waals surface area (Å²) in [6.07, 6.45) is -0.654. The summed E-state index contributed by atoms with van der Waals surface area (Å²) in [5.41, 5.74) is 2.86. The Kier molecular flexibility index (Phi) is 5.43. The van der Waals surface area contributed by atoms with E-state index >= 15 is 0 Å². The number of nitrogens with one attached hydrogen (secondary N) is 2. The lowest BCUT2D eigenvalue weighted by Crippen LogP contribution is -2.30. The number of aryl methyl sites for hydroxylation is 1. The predicted molar refractivity (Wildman–Crippen MR) is 117 cm³/mol. The number of methoxy groups -OCH3 is 1. The molecule has 0 bridgehead atoms. The van der Waals surface area contributed by atoms with Crippen LogP contribution in [0.2, 0.25) is 0 Å². The second-order valence-corrected chi connectivity index (χ2v) is 6.90. The van der Waals surface area contributed by atoms with E-state index in [1.807, 2.05) is 48.5 Å². The maximum absolute atomic E-state index is 12.5. The Hall–Kier alpha value is -3.74. The van der Waals surface area contributed by atoms with E-state index < -0.39 is 6.10 Å². The van der Waals surface area contributed by atoms with Crippen molar-refractivity contribution in [2.45, 2.75) is 26.5 Å². The van der Waals surface area contributed by atoms with Crippen LogP contribution in [0.5, 0.6) is 11.5 Å². The molecule has 2 N–H and O–H groups in total. The smallest absolute Gasteiger partial charge is 0.266 e. The topological polar surface area (TPSA) is 81.2 Å². The van der Waals surface area contributed by atoms with E-state index in [9.17, 15) is 4.79 Å². The molecule has 1 atom stereocenters. The summed E-state index contributed by atoms with van der Waals surface area (Å²) >= 11 is 0. The molecule has 0 spiro atoms. The molecule has 0 saturated carbocycles. The average molecular weight is 404 g/mol. The van der Waals surface area contributed by atoms with Crippen LogP contribution >= 0.6 is 0 Å². The third-order valence-corrected chi connectivity index (χ3v) is 4.97. The minimum atomic E-state index is -0.654. The number of ether oxygens (including phenoxy) is 2. The lowest BCUT2D eigenvalue weighted by Gasteiger charge is -2.13. The van der Waals surface area contributed by atoms with Crippen molar-refractivity contribution in [2.75, 3.05) is 12.4 Å². The van der Waals surface area contributed by atoms with E-state index in [1.54, 1.807) is 14.0 Å². The van der Waals surface area contributed by atoms with Crippen LogP contribution in [0.15, 0.2) is 60.7 Å². The molecular weight excluding hydrogens is 380 g/mol. The summed E-state index contributed by atoms with van der Waals surface area (Å²) in [6.45, 7) is 4.58. The fraction of sp³-hybridized carbons (Fsp3) is 0.217. The van der Waals surface area contributed by atoms with Gasteiger partial charge in [0.05, 0.1) is 24.0 Å². The first-order valence-corrected chi connectivity index (χ1v) is 9.85. The number of amides is 1. The van der Waals surface area contributed by atoms with Crippen molar-refractivity contribution < 1.29 is 14.3 Å². The lowest BCUT2D eigenvalue weighted by atomic mass is 10.2. The normalized spacial score (nSPS) is 12.0. The van der Waals surface area contributed by atoms with Crippen LogP contribution in [0.1, 0.15) is 13.8 Å². The molecule has 154 valence electrons. The van der Waals surface area contributed by atoms with Crippen LogP contribution in [0.4, 0.5) is 5.82 Å². The molecule has 4 aromatic rings. The molecule has 2 heterocycles. The highest BCUT2D eigenvalue weighted by Gasteiger charge is 2.18. The number of benzene rings is 2. The number of aromatic amines is 1. The van der Waals surface area contributed by atoms with Gasteiger partial charge in [-0.2, -0.15) is 5.10 Å². The molecular formula is C23H24N4O3. The molecule has 30 heavy (non-hydrogen) atoms. The van der Waals surface area contributed by atoms with Crippen molar-refractivity contribution in [1.29, 1.82) is 0 Å². The van der Waals surface area contributed by atoms with E-state index in [1.165, 1.54) is 0 Å². The Morgan fingerprint density at radius 3 is 2.70 bits per heavy atom. The molecule has 0 aliphatic heterocycles. The summed E-state index contributed by atoms with van der Waals surface area (Å²) in [6, 6.07) is 19.1. The number of rotatable bonds is 7. The quantitative estimate of drug-likeness (QED) is 0.476. The lowest BCUT2D eigenvalue weighted by molar-refractivity contribution is -0.122. The number of fused-ring (bicyclic) bond motifs is 1. The largest absolute Gasteiger partial charge is 0.496 e. The fourth-order valence-electron chi connectivity index (χ4n) is 3.50. The fourth-order valence-corrected chi connectivity index (χ4v) is 3.50. The summed E-state index contributed by atoms with van der Waals surface area (Å²) < 4.78 is 13.4. The molecule has 1 unspecified atom stereocenters. The zero-order chi connectivity index (χ0) is 21.1. The number of carbonyl (C=O) groups excluding carboxylic acids is 1. The van der Waals surface area contributed by atoms with Gasteiger partial charge in [-0.15, -0.1) is 0 Å². The van der Waals surface area contributed by atoms with Crippen molar-refractivity contribution in [3.63, 3.8) is 0 Å². The Balaban J connectivity index is 1.55. The number of hydrogen-bond donors (Lipinski definition) is 2. The van der Waals surface area contributed by atoms with E-state index in [2.05, 4.69) is 39.1 Å². The SMILES string of the molecule is CCn1c(-c2cc(NC(=O)C(C)Oc3ccccc3)n[nH]2)cc2c(OC)cccc21. The Morgan fingerprint density at radius 2 is 1.97 bits per heavy atom. The maximum Gasteiger partial charge on any atom is 0.266 e. The van der Waals surface area contributed by atoms with E-state index in [4.69, 9.17) is 9.47 Å².